The molecule has 0 saturated carbocycles. The van der Waals surface area contributed by atoms with Gasteiger partial charge in [0, 0.05) is 11.3 Å². The number of ether oxygens (including phenoxy) is 1. The molecule has 3 nitrogen and oxygen atoms in total. The number of carbonyl (C=O) groups is 1. The van der Waals surface area contributed by atoms with Gasteiger partial charge in [-0.25, -0.2) is 0 Å². The molecule has 2 rings (SSSR count). The number of methoxy groups -OCH3 is 1. The fourth-order valence-electron chi connectivity index (χ4n) is 2.16. The summed E-state index contributed by atoms with van der Waals surface area (Å²) in [7, 11) is 1.60. The number of carbonyl (C=O) groups excluding carboxylic acids is 1. The van der Waals surface area contributed by atoms with E-state index in [-0.39, 0.29) is 12.3 Å². The Morgan fingerprint density at radius 3 is 2.40 bits per heavy atom. The molecule has 1 N–H and O–H groups in total. The summed E-state index contributed by atoms with van der Waals surface area (Å²) in [4.78, 5) is 12.2. The van der Waals surface area contributed by atoms with E-state index < -0.39 is 0 Å². The lowest BCUT2D eigenvalue weighted by atomic mass is 10.1. The molecule has 20 heavy (non-hydrogen) atoms. The van der Waals surface area contributed by atoms with Crippen LogP contribution in [0.1, 0.15) is 21.5 Å². The third kappa shape index (κ3) is 3.18. The van der Waals surface area contributed by atoms with Gasteiger partial charge in [-0.05, 0) is 37.1 Å². The quantitative estimate of drug-likeness (QED) is 0.843. The first-order valence-electron chi connectivity index (χ1n) is 6.59. The highest BCUT2D eigenvalue weighted by Gasteiger charge is 2.08. The maximum Gasteiger partial charge on any atom is 0.181 e. The number of para-hydroxylation sites is 1. The minimum absolute atomic E-state index is 0.0477. The maximum absolute atomic E-state index is 12.2. The van der Waals surface area contributed by atoms with Crippen molar-refractivity contribution < 1.29 is 9.53 Å². The molecule has 0 amide bonds. The fourth-order valence-corrected chi connectivity index (χ4v) is 2.16. The lowest BCUT2D eigenvalue weighted by Gasteiger charge is -2.12. The number of anilines is 1. The summed E-state index contributed by atoms with van der Waals surface area (Å²) in [5.41, 5.74) is 3.97. The number of benzene rings is 2. The largest absolute Gasteiger partial charge is 0.497 e. The van der Waals surface area contributed by atoms with Gasteiger partial charge in [-0.2, -0.15) is 0 Å². The Balaban J connectivity index is 2.09. The van der Waals surface area contributed by atoms with Gasteiger partial charge in [-0.3, -0.25) is 4.79 Å². The first kappa shape index (κ1) is 14.1. The van der Waals surface area contributed by atoms with Gasteiger partial charge in [0.25, 0.3) is 0 Å². The normalized spacial score (nSPS) is 10.2. The number of Topliss-reactive ketones (excluding diaryl/α,β-unsaturated/α-hetero) is 1. The van der Waals surface area contributed by atoms with Crippen LogP contribution in [-0.2, 0) is 0 Å². The van der Waals surface area contributed by atoms with Crippen LogP contribution in [-0.4, -0.2) is 19.4 Å². The number of ketones is 1. The second-order valence-electron chi connectivity index (χ2n) is 4.78. The highest BCUT2D eigenvalue weighted by atomic mass is 16.5. The average molecular weight is 269 g/mol. The van der Waals surface area contributed by atoms with E-state index in [0.717, 1.165) is 16.8 Å². The first-order valence-corrected chi connectivity index (χ1v) is 6.59. The zero-order chi connectivity index (χ0) is 14.5. The molecule has 0 saturated heterocycles. The topological polar surface area (TPSA) is 38.3 Å². The third-order valence-electron chi connectivity index (χ3n) is 3.30. The standard InChI is InChI=1S/C17H19NO2/c1-12-6-4-7-13(2)17(12)18-11-16(19)14-8-5-9-15(10-14)20-3/h4-10,18H,11H2,1-3H3. The number of nitrogens with one attached hydrogen (secondary N) is 1. The monoisotopic (exact) mass is 269 g/mol. The van der Waals surface area contributed by atoms with Crippen molar-refractivity contribution in [2.75, 3.05) is 19.0 Å². The molecule has 3 heteroatoms. The zero-order valence-electron chi connectivity index (χ0n) is 12.1. The summed E-state index contributed by atoms with van der Waals surface area (Å²) < 4.78 is 5.13. The Labute approximate surface area is 119 Å². The summed E-state index contributed by atoms with van der Waals surface area (Å²) in [5, 5.41) is 3.23. The SMILES string of the molecule is COc1cccc(C(=O)CNc2c(C)cccc2C)c1. The predicted octanol–water partition coefficient (Wildman–Crippen LogP) is 3.61. The average Bonchev–Trinajstić information content (AvgIpc) is 2.46. The van der Waals surface area contributed by atoms with Gasteiger partial charge in [-0.1, -0.05) is 30.3 Å². The molecule has 0 aromatic heterocycles. The predicted molar refractivity (Wildman–Crippen MR) is 81.7 cm³/mol. The number of rotatable bonds is 5. The zero-order valence-corrected chi connectivity index (χ0v) is 12.1. The van der Waals surface area contributed by atoms with E-state index in [1.165, 1.54) is 0 Å². The fraction of sp³-hybridized carbons (Fsp3) is 0.235. The molecule has 0 aliphatic carbocycles. The third-order valence-corrected chi connectivity index (χ3v) is 3.30. The molecular weight excluding hydrogens is 250 g/mol. The van der Waals surface area contributed by atoms with Gasteiger partial charge in [0.1, 0.15) is 5.75 Å². The van der Waals surface area contributed by atoms with Gasteiger partial charge < -0.3 is 10.1 Å². The van der Waals surface area contributed by atoms with Gasteiger partial charge in [0.15, 0.2) is 5.78 Å². The molecule has 0 atom stereocenters. The molecule has 0 spiro atoms. The van der Waals surface area contributed by atoms with Crippen molar-refractivity contribution >= 4 is 11.5 Å². The molecule has 0 radical (unpaired) electrons. The van der Waals surface area contributed by atoms with E-state index in [1.54, 1.807) is 19.2 Å². The van der Waals surface area contributed by atoms with Crippen LogP contribution in [0, 0.1) is 13.8 Å². The van der Waals surface area contributed by atoms with Crippen LogP contribution in [0.3, 0.4) is 0 Å². The van der Waals surface area contributed by atoms with Crippen molar-refractivity contribution in [1.29, 1.82) is 0 Å². The van der Waals surface area contributed by atoms with Crippen LogP contribution >= 0.6 is 0 Å². The highest BCUT2D eigenvalue weighted by Crippen LogP contribution is 2.19. The van der Waals surface area contributed by atoms with Gasteiger partial charge in [0.2, 0.25) is 0 Å². The molecule has 0 fully saturated rings. The Morgan fingerprint density at radius 2 is 1.75 bits per heavy atom. The molecule has 0 aliphatic heterocycles. The molecular formula is C17H19NO2. The Kier molecular flexibility index (Phi) is 4.41. The number of aryl methyl sites for hydroxylation is 2. The lowest BCUT2D eigenvalue weighted by Crippen LogP contribution is -2.15. The van der Waals surface area contributed by atoms with Crippen molar-refractivity contribution in [3.63, 3.8) is 0 Å². The van der Waals surface area contributed by atoms with Crippen molar-refractivity contribution in [3.05, 3.63) is 59.2 Å². The first-order chi connectivity index (χ1) is 9.61. The van der Waals surface area contributed by atoms with E-state index in [4.69, 9.17) is 4.74 Å². The summed E-state index contributed by atoms with van der Waals surface area (Å²) in [6, 6.07) is 13.3. The van der Waals surface area contributed by atoms with E-state index >= 15 is 0 Å². The molecule has 0 unspecified atom stereocenters. The smallest absolute Gasteiger partial charge is 0.181 e. The summed E-state index contributed by atoms with van der Waals surface area (Å²) in [6.45, 7) is 4.34. The van der Waals surface area contributed by atoms with E-state index in [0.29, 0.717) is 11.3 Å². The van der Waals surface area contributed by atoms with E-state index in [2.05, 4.69) is 5.32 Å². The molecule has 2 aromatic carbocycles. The Bertz CT molecular complexity index is 600. The second-order valence-corrected chi connectivity index (χ2v) is 4.78. The number of hydrogen-bond acceptors (Lipinski definition) is 3. The lowest BCUT2D eigenvalue weighted by molar-refractivity contribution is 0.101. The maximum atomic E-state index is 12.2. The minimum Gasteiger partial charge on any atom is -0.497 e. The molecule has 2 aromatic rings. The van der Waals surface area contributed by atoms with E-state index in [9.17, 15) is 4.79 Å². The Hall–Kier alpha value is -2.29. The summed E-state index contributed by atoms with van der Waals surface area (Å²) >= 11 is 0. The molecule has 0 aliphatic rings. The van der Waals surface area contributed by atoms with Crippen LogP contribution in [0.15, 0.2) is 42.5 Å². The van der Waals surface area contributed by atoms with Crippen LogP contribution < -0.4 is 10.1 Å². The van der Waals surface area contributed by atoms with Crippen molar-refractivity contribution in [2.45, 2.75) is 13.8 Å². The van der Waals surface area contributed by atoms with Gasteiger partial charge in [0.05, 0.1) is 13.7 Å². The molecule has 0 heterocycles. The van der Waals surface area contributed by atoms with Crippen LogP contribution in [0.25, 0.3) is 0 Å². The summed E-state index contributed by atoms with van der Waals surface area (Å²) in [5.74, 6) is 0.745. The van der Waals surface area contributed by atoms with Crippen molar-refractivity contribution in [2.24, 2.45) is 0 Å². The molecule has 104 valence electrons. The van der Waals surface area contributed by atoms with Crippen molar-refractivity contribution in [1.82, 2.24) is 0 Å². The minimum atomic E-state index is 0.0477. The Morgan fingerprint density at radius 1 is 1.10 bits per heavy atom. The van der Waals surface area contributed by atoms with Gasteiger partial charge in [-0.15, -0.1) is 0 Å². The van der Waals surface area contributed by atoms with Crippen LogP contribution in [0.4, 0.5) is 5.69 Å². The van der Waals surface area contributed by atoms with Crippen molar-refractivity contribution in [3.8, 4) is 5.75 Å². The highest BCUT2D eigenvalue weighted by molar-refractivity contribution is 5.99. The molecule has 0 bridgehead atoms. The van der Waals surface area contributed by atoms with Crippen LogP contribution in [0.2, 0.25) is 0 Å². The van der Waals surface area contributed by atoms with Crippen LogP contribution in [0.5, 0.6) is 5.75 Å². The second kappa shape index (κ2) is 6.24. The van der Waals surface area contributed by atoms with E-state index in [1.807, 2.05) is 44.2 Å². The number of hydrogen-bond donors (Lipinski definition) is 1. The summed E-state index contributed by atoms with van der Waals surface area (Å²) in [6.07, 6.45) is 0. The van der Waals surface area contributed by atoms with Gasteiger partial charge >= 0.3 is 0 Å².